The summed E-state index contributed by atoms with van der Waals surface area (Å²) < 4.78 is 58.9. The van der Waals surface area contributed by atoms with Crippen LogP contribution in [0.3, 0.4) is 0 Å². The van der Waals surface area contributed by atoms with Crippen molar-refractivity contribution in [1.82, 2.24) is 9.97 Å². The molecular weight excluding hydrogens is 1090 g/mol. The third-order valence-corrected chi connectivity index (χ3v) is 18.0. The quantitative estimate of drug-likeness (QED) is 0.0655. The van der Waals surface area contributed by atoms with Crippen molar-refractivity contribution >= 4 is 101 Å². The van der Waals surface area contributed by atoms with Gasteiger partial charge in [-0.1, -0.05) is 243 Å². The third-order valence-electron chi connectivity index (χ3n) is 12.5. The van der Waals surface area contributed by atoms with E-state index in [9.17, 15) is 13.2 Å². The van der Waals surface area contributed by atoms with Crippen molar-refractivity contribution in [2.75, 3.05) is 0 Å². The summed E-state index contributed by atoms with van der Waals surface area (Å²) in [7, 11) is -7.61. The van der Waals surface area contributed by atoms with E-state index in [2.05, 4.69) is 255 Å². The Bertz CT molecular complexity index is 3680. The molecule has 12 heteroatoms. The van der Waals surface area contributed by atoms with Gasteiger partial charge in [0.15, 0.2) is 10.1 Å². The fourth-order valence-corrected chi connectivity index (χ4v) is 14.1. The monoisotopic (exact) mass is 1130 g/mol. The average Bonchev–Trinajstić information content (AvgIpc) is 3.44. The smallest absolute Gasteiger partial charge is 0.741 e. The Morgan fingerprint density at radius 1 is 0.347 bits per heavy atom. The van der Waals surface area contributed by atoms with E-state index < -0.39 is 31.5 Å². The van der Waals surface area contributed by atoms with E-state index in [1.54, 1.807) is 0 Å². The molecule has 0 amide bonds. The van der Waals surface area contributed by atoms with E-state index in [4.69, 9.17) is 22.9 Å². The third kappa shape index (κ3) is 11.5. The molecule has 0 spiro atoms. The number of fused-ring (bicyclic) bond motifs is 4. The SMILES string of the molecule is O=S(=O)([O-])C(F)(F)F.[Rh+].c1ccc(P(c2ccccc2)c2ccc3ccccc3c2-c2nccc3ccccc23)cc1.c1ccc(P(c2ccccc2)c2ccc3ccccc3c2-c2nccc3ccccc23)cc1. The standard InChI is InChI=1S/2C31H22NP.CHF3O3S.Rh/c2*1-3-13-25(14-4-1)33(26-15-5-2-6-16-26)29-20-19-23-11-7-9-17-27(23)30(29)31-28-18-10-8-12-24(28)21-22-32-31;2-1(3,4)8(5,6)7;/h2*1-22H;(H,5,6,7);/q;;;+1/p-1. The number of rotatable bonds is 8. The normalized spacial score (nSPS) is 11.4. The van der Waals surface area contributed by atoms with Gasteiger partial charge in [-0.15, -0.1) is 0 Å². The molecule has 0 aliphatic carbocycles. The number of nitrogens with zero attached hydrogens (tertiary/aromatic N) is 2. The molecular formula is C63H44F3N2O3P2RhS. The molecule has 75 heavy (non-hydrogen) atoms. The van der Waals surface area contributed by atoms with Crippen LogP contribution in [0.5, 0.6) is 0 Å². The minimum absolute atomic E-state index is 0. The van der Waals surface area contributed by atoms with Gasteiger partial charge in [-0.05, 0) is 92.1 Å². The van der Waals surface area contributed by atoms with Gasteiger partial charge in [0, 0.05) is 34.3 Å². The maximum Gasteiger partial charge on any atom is 1.00 e. The van der Waals surface area contributed by atoms with Crippen LogP contribution in [0, 0.1) is 0 Å². The van der Waals surface area contributed by atoms with Crippen molar-refractivity contribution in [1.29, 1.82) is 0 Å². The Hall–Kier alpha value is -7.28. The molecule has 0 aliphatic heterocycles. The van der Waals surface area contributed by atoms with Crippen LogP contribution in [0.1, 0.15) is 0 Å². The maximum absolute atomic E-state index is 10.7. The molecule has 0 fully saturated rings. The summed E-state index contributed by atoms with van der Waals surface area (Å²) in [5.41, 5.74) is -1.06. The maximum atomic E-state index is 10.7. The topological polar surface area (TPSA) is 83.0 Å². The van der Waals surface area contributed by atoms with Crippen LogP contribution in [-0.4, -0.2) is 28.4 Å². The molecule has 0 radical (unpaired) electrons. The van der Waals surface area contributed by atoms with Crippen LogP contribution in [0.15, 0.2) is 267 Å². The number of hydrogen-bond acceptors (Lipinski definition) is 5. The fraction of sp³-hybridized carbons (Fsp3) is 0.0159. The van der Waals surface area contributed by atoms with Crippen LogP contribution in [0.2, 0.25) is 0 Å². The Morgan fingerprint density at radius 3 is 0.893 bits per heavy atom. The molecule has 0 saturated heterocycles. The van der Waals surface area contributed by atoms with Crippen molar-refractivity contribution in [2.24, 2.45) is 0 Å². The molecule has 0 bridgehead atoms. The minimum Gasteiger partial charge on any atom is -0.741 e. The van der Waals surface area contributed by atoms with Crippen LogP contribution in [0.4, 0.5) is 13.2 Å². The van der Waals surface area contributed by atoms with Crippen molar-refractivity contribution in [2.45, 2.75) is 5.51 Å². The number of hydrogen-bond donors (Lipinski definition) is 0. The Balaban J connectivity index is 0.000000159. The first kappa shape index (κ1) is 52.6. The van der Waals surface area contributed by atoms with Crippen molar-refractivity contribution < 1.29 is 45.6 Å². The van der Waals surface area contributed by atoms with E-state index in [-0.39, 0.29) is 19.5 Å². The minimum atomic E-state index is -6.09. The Kier molecular flexibility index (Phi) is 16.5. The van der Waals surface area contributed by atoms with E-state index >= 15 is 0 Å². The fourth-order valence-electron chi connectivity index (χ4n) is 9.19. The van der Waals surface area contributed by atoms with Gasteiger partial charge in [0.2, 0.25) is 0 Å². The predicted molar refractivity (Wildman–Crippen MR) is 303 cm³/mol. The molecule has 5 nitrogen and oxygen atoms in total. The largest absolute Gasteiger partial charge is 1.00 e. The summed E-state index contributed by atoms with van der Waals surface area (Å²) in [6, 6.07) is 91.4. The Labute approximate surface area is 448 Å². The summed E-state index contributed by atoms with van der Waals surface area (Å²) >= 11 is 0. The zero-order valence-electron chi connectivity index (χ0n) is 39.8. The molecule has 2 aromatic heterocycles. The van der Waals surface area contributed by atoms with Gasteiger partial charge in [-0.2, -0.15) is 13.2 Å². The van der Waals surface area contributed by atoms with Crippen LogP contribution >= 0.6 is 15.8 Å². The van der Waals surface area contributed by atoms with E-state index in [1.165, 1.54) is 86.0 Å². The van der Waals surface area contributed by atoms with Crippen molar-refractivity contribution in [3.8, 4) is 22.5 Å². The second kappa shape index (κ2) is 23.5. The summed E-state index contributed by atoms with van der Waals surface area (Å²) in [4.78, 5) is 9.94. The summed E-state index contributed by atoms with van der Waals surface area (Å²) in [6.45, 7) is 0. The van der Waals surface area contributed by atoms with E-state index in [0.717, 1.165) is 11.4 Å². The number of halogens is 3. The van der Waals surface area contributed by atoms with E-state index in [1.807, 2.05) is 12.4 Å². The molecule has 0 N–H and O–H groups in total. The van der Waals surface area contributed by atoms with E-state index in [0.29, 0.717) is 0 Å². The van der Waals surface area contributed by atoms with Crippen molar-refractivity contribution in [3.63, 3.8) is 0 Å². The Morgan fingerprint density at radius 2 is 0.600 bits per heavy atom. The molecule has 0 unspecified atom stereocenters. The summed E-state index contributed by atoms with van der Waals surface area (Å²) in [5, 5.41) is 17.8. The number of alkyl halides is 3. The zero-order chi connectivity index (χ0) is 51.1. The van der Waals surface area contributed by atoms with Gasteiger partial charge in [0.1, 0.15) is 0 Å². The second-order valence-electron chi connectivity index (χ2n) is 17.0. The first-order valence-corrected chi connectivity index (χ1v) is 27.7. The molecule has 0 atom stereocenters. The zero-order valence-corrected chi connectivity index (χ0v) is 44.0. The number of aromatic nitrogens is 2. The van der Waals surface area contributed by atoms with Gasteiger partial charge in [0.05, 0.1) is 11.4 Å². The first-order valence-electron chi connectivity index (χ1n) is 23.6. The average molecular weight is 1130 g/mol. The molecule has 2 heterocycles. The van der Waals surface area contributed by atoms with Crippen LogP contribution in [0.25, 0.3) is 65.6 Å². The van der Waals surface area contributed by atoms with Gasteiger partial charge >= 0.3 is 25.0 Å². The van der Waals surface area contributed by atoms with Gasteiger partial charge in [-0.3, -0.25) is 9.97 Å². The summed E-state index contributed by atoms with van der Waals surface area (Å²) in [5.74, 6) is 0. The molecule has 10 aromatic carbocycles. The molecule has 0 saturated carbocycles. The first-order chi connectivity index (χ1) is 36.0. The molecule has 370 valence electrons. The van der Waals surface area contributed by atoms with Crippen LogP contribution < -0.4 is 31.8 Å². The van der Waals surface area contributed by atoms with Gasteiger partial charge in [-0.25, -0.2) is 8.42 Å². The molecule has 12 rings (SSSR count). The number of benzene rings is 10. The van der Waals surface area contributed by atoms with Crippen LogP contribution in [-0.2, 0) is 29.6 Å². The molecule has 12 aromatic rings. The number of pyridine rings is 2. The van der Waals surface area contributed by atoms with Crippen molar-refractivity contribution in [3.05, 3.63) is 267 Å². The van der Waals surface area contributed by atoms with Gasteiger partial charge in [0.25, 0.3) is 0 Å². The predicted octanol–water partition coefficient (Wildman–Crippen LogP) is 13.7. The van der Waals surface area contributed by atoms with Gasteiger partial charge < -0.3 is 4.55 Å². The molecule has 0 aliphatic rings. The second-order valence-corrected chi connectivity index (χ2v) is 22.8. The summed E-state index contributed by atoms with van der Waals surface area (Å²) in [6.07, 6.45) is 3.88.